The normalized spacial score (nSPS) is 16.8. The van der Waals surface area contributed by atoms with Gasteiger partial charge in [0.05, 0.1) is 12.3 Å². The maximum Gasteiger partial charge on any atom is 0.248 e. The van der Waals surface area contributed by atoms with Crippen LogP contribution in [0.1, 0.15) is 12.0 Å². The lowest BCUT2D eigenvalue weighted by Gasteiger charge is -2.23. The number of oxime groups is 1. The standard InChI is InChI=1S/C16H19FN2O3/c1-3-7-19(16(20)11-21-2)10-14-9-15(18-22-14)12-5-4-6-13(17)8-12/h3-6,8,14H,1,7,9-11H2,2H3/t14-/m1/s1. The van der Waals surface area contributed by atoms with Crippen molar-refractivity contribution in [3.63, 3.8) is 0 Å². The van der Waals surface area contributed by atoms with Crippen molar-refractivity contribution in [3.8, 4) is 0 Å². The topological polar surface area (TPSA) is 51.1 Å². The second-order valence-electron chi connectivity index (χ2n) is 5.00. The maximum atomic E-state index is 13.2. The summed E-state index contributed by atoms with van der Waals surface area (Å²) < 4.78 is 18.1. The summed E-state index contributed by atoms with van der Waals surface area (Å²) in [6.07, 6.45) is 1.92. The van der Waals surface area contributed by atoms with E-state index in [2.05, 4.69) is 11.7 Å². The highest BCUT2D eigenvalue weighted by Gasteiger charge is 2.26. The van der Waals surface area contributed by atoms with Crippen molar-refractivity contribution in [1.82, 2.24) is 4.90 Å². The Morgan fingerprint density at radius 1 is 1.64 bits per heavy atom. The van der Waals surface area contributed by atoms with Crippen LogP contribution in [-0.4, -0.2) is 49.4 Å². The third-order valence-corrected chi connectivity index (χ3v) is 3.28. The van der Waals surface area contributed by atoms with E-state index in [0.29, 0.717) is 30.8 Å². The molecule has 0 aliphatic carbocycles. The van der Waals surface area contributed by atoms with E-state index < -0.39 is 0 Å². The van der Waals surface area contributed by atoms with Gasteiger partial charge in [-0.1, -0.05) is 23.4 Å². The first-order valence-corrected chi connectivity index (χ1v) is 7.00. The van der Waals surface area contributed by atoms with Gasteiger partial charge in [0.1, 0.15) is 12.4 Å². The van der Waals surface area contributed by atoms with Crippen molar-refractivity contribution in [2.75, 3.05) is 26.8 Å². The van der Waals surface area contributed by atoms with Crippen LogP contribution in [0.3, 0.4) is 0 Å². The molecular weight excluding hydrogens is 287 g/mol. The first-order valence-electron chi connectivity index (χ1n) is 7.00. The van der Waals surface area contributed by atoms with Gasteiger partial charge in [0.2, 0.25) is 5.91 Å². The molecule has 0 spiro atoms. The molecule has 2 rings (SSSR count). The van der Waals surface area contributed by atoms with Gasteiger partial charge in [-0.05, 0) is 12.1 Å². The molecular formula is C16H19FN2O3. The highest BCUT2D eigenvalue weighted by molar-refractivity contribution is 6.01. The van der Waals surface area contributed by atoms with Crippen molar-refractivity contribution < 1.29 is 18.8 Å². The molecule has 5 nitrogen and oxygen atoms in total. The fraction of sp³-hybridized carbons (Fsp3) is 0.375. The molecule has 1 aliphatic heterocycles. The summed E-state index contributed by atoms with van der Waals surface area (Å²) in [7, 11) is 1.47. The number of carbonyl (C=O) groups excluding carboxylic acids is 1. The van der Waals surface area contributed by atoms with Gasteiger partial charge in [-0.15, -0.1) is 6.58 Å². The number of halogens is 1. The summed E-state index contributed by atoms with van der Waals surface area (Å²) in [5.74, 6) is -0.447. The number of amides is 1. The zero-order chi connectivity index (χ0) is 15.9. The van der Waals surface area contributed by atoms with E-state index in [4.69, 9.17) is 9.57 Å². The minimum atomic E-state index is -0.313. The summed E-state index contributed by atoms with van der Waals surface area (Å²) in [4.78, 5) is 18.9. The van der Waals surface area contributed by atoms with Crippen LogP contribution in [0.5, 0.6) is 0 Å². The minimum Gasteiger partial charge on any atom is -0.390 e. The number of nitrogens with zero attached hydrogens (tertiary/aromatic N) is 2. The Kier molecular flexibility index (Phi) is 5.66. The average Bonchev–Trinajstić information content (AvgIpc) is 2.96. The van der Waals surface area contributed by atoms with Gasteiger partial charge in [-0.2, -0.15) is 0 Å². The van der Waals surface area contributed by atoms with Gasteiger partial charge in [-0.25, -0.2) is 4.39 Å². The molecule has 1 amide bonds. The van der Waals surface area contributed by atoms with Crippen LogP contribution in [0.25, 0.3) is 0 Å². The zero-order valence-corrected chi connectivity index (χ0v) is 12.5. The van der Waals surface area contributed by atoms with Gasteiger partial charge >= 0.3 is 0 Å². The molecule has 0 unspecified atom stereocenters. The number of hydrogen-bond acceptors (Lipinski definition) is 4. The van der Waals surface area contributed by atoms with Crippen LogP contribution in [0.4, 0.5) is 4.39 Å². The van der Waals surface area contributed by atoms with E-state index in [0.717, 1.165) is 0 Å². The molecule has 1 aliphatic rings. The van der Waals surface area contributed by atoms with E-state index in [9.17, 15) is 9.18 Å². The van der Waals surface area contributed by atoms with Crippen LogP contribution < -0.4 is 0 Å². The highest BCUT2D eigenvalue weighted by atomic mass is 19.1. The summed E-state index contributed by atoms with van der Waals surface area (Å²) in [6, 6.07) is 6.21. The van der Waals surface area contributed by atoms with E-state index in [1.54, 1.807) is 23.1 Å². The van der Waals surface area contributed by atoms with E-state index in [-0.39, 0.29) is 24.4 Å². The first-order chi connectivity index (χ1) is 10.6. The van der Waals surface area contributed by atoms with Gasteiger partial charge in [-0.3, -0.25) is 4.79 Å². The number of hydrogen-bond donors (Lipinski definition) is 0. The Labute approximate surface area is 129 Å². The number of methoxy groups -OCH3 is 1. The summed E-state index contributed by atoms with van der Waals surface area (Å²) >= 11 is 0. The third-order valence-electron chi connectivity index (χ3n) is 3.28. The minimum absolute atomic E-state index is 0.0121. The molecule has 1 heterocycles. The Balaban J connectivity index is 1.96. The molecule has 118 valence electrons. The fourth-order valence-electron chi connectivity index (χ4n) is 2.26. The van der Waals surface area contributed by atoms with Crippen LogP contribution in [0.15, 0.2) is 42.1 Å². The van der Waals surface area contributed by atoms with Gasteiger partial charge in [0.15, 0.2) is 6.10 Å². The Hall–Kier alpha value is -2.21. The van der Waals surface area contributed by atoms with E-state index in [1.165, 1.54) is 19.2 Å². The monoisotopic (exact) mass is 306 g/mol. The third kappa shape index (κ3) is 4.14. The molecule has 1 atom stereocenters. The van der Waals surface area contributed by atoms with Gasteiger partial charge in [0, 0.05) is 25.6 Å². The molecule has 1 aromatic rings. The number of ether oxygens (including phenoxy) is 1. The molecule has 0 saturated carbocycles. The average molecular weight is 306 g/mol. The predicted molar refractivity (Wildman–Crippen MR) is 81.1 cm³/mol. The fourth-order valence-corrected chi connectivity index (χ4v) is 2.26. The molecule has 6 heteroatoms. The van der Waals surface area contributed by atoms with Crippen LogP contribution in [-0.2, 0) is 14.4 Å². The van der Waals surface area contributed by atoms with Crippen LogP contribution in [0, 0.1) is 5.82 Å². The molecule has 0 radical (unpaired) electrons. The Morgan fingerprint density at radius 3 is 3.14 bits per heavy atom. The Bertz CT molecular complexity index is 574. The number of carbonyl (C=O) groups is 1. The molecule has 0 saturated heterocycles. The second kappa shape index (κ2) is 7.70. The molecule has 1 aromatic carbocycles. The largest absolute Gasteiger partial charge is 0.390 e. The van der Waals surface area contributed by atoms with Crippen molar-refractivity contribution in [2.45, 2.75) is 12.5 Å². The SMILES string of the molecule is C=CCN(C[C@H]1CC(c2cccc(F)c2)=NO1)C(=O)COC. The van der Waals surface area contributed by atoms with E-state index in [1.807, 2.05) is 0 Å². The lowest BCUT2D eigenvalue weighted by atomic mass is 10.0. The second-order valence-corrected chi connectivity index (χ2v) is 5.00. The van der Waals surface area contributed by atoms with Gasteiger partial charge < -0.3 is 14.5 Å². The summed E-state index contributed by atoms with van der Waals surface area (Å²) in [6.45, 7) is 4.46. The smallest absolute Gasteiger partial charge is 0.248 e. The summed E-state index contributed by atoms with van der Waals surface area (Å²) in [5, 5.41) is 4.00. The van der Waals surface area contributed by atoms with Crippen molar-refractivity contribution in [3.05, 3.63) is 48.3 Å². The van der Waals surface area contributed by atoms with Gasteiger partial charge in [0.25, 0.3) is 0 Å². The van der Waals surface area contributed by atoms with E-state index >= 15 is 0 Å². The molecule has 22 heavy (non-hydrogen) atoms. The van der Waals surface area contributed by atoms with Crippen LogP contribution >= 0.6 is 0 Å². The lowest BCUT2D eigenvalue weighted by molar-refractivity contribution is -0.136. The zero-order valence-electron chi connectivity index (χ0n) is 12.5. The van der Waals surface area contributed by atoms with Crippen molar-refractivity contribution >= 4 is 11.6 Å². The Morgan fingerprint density at radius 2 is 2.45 bits per heavy atom. The lowest BCUT2D eigenvalue weighted by Crippen LogP contribution is -2.39. The number of rotatable bonds is 7. The molecule has 0 aromatic heterocycles. The van der Waals surface area contributed by atoms with Crippen LogP contribution in [0.2, 0.25) is 0 Å². The maximum absolute atomic E-state index is 13.2. The predicted octanol–water partition coefficient (Wildman–Crippen LogP) is 1.98. The van der Waals surface area contributed by atoms with Crippen molar-refractivity contribution in [1.29, 1.82) is 0 Å². The molecule has 0 N–H and O–H groups in total. The molecule has 0 bridgehead atoms. The van der Waals surface area contributed by atoms with Crippen molar-refractivity contribution in [2.24, 2.45) is 5.16 Å². The highest BCUT2D eigenvalue weighted by Crippen LogP contribution is 2.18. The summed E-state index contributed by atoms with van der Waals surface area (Å²) in [5.41, 5.74) is 1.38. The first kappa shape index (κ1) is 16.2. The number of benzene rings is 1. The quantitative estimate of drug-likeness (QED) is 0.724. The molecule has 0 fully saturated rings.